The summed E-state index contributed by atoms with van der Waals surface area (Å²) in [5.41, 5.74) is 1.96. The van der Waals surface area contributed by atoms with Gasteiger partial charge in [-0.15, -0.1) is 0 Å². The first-order valence-electron chi connectivity index (χ1n) is 7.08. The molecule has 0 atom stereocenters. The molecule has 0 unspecified atom stereocenters. The number of amides is 4. The highest BCUT2D eigenvalue weighted by Crippen LogP contribution is 2.16. The summed E-state index contributed by atoms with van der Waals surface area (Å²) in [4.78, 5) is 39.5. The van der Waals surface area contributed by atoms with Gasteiger partial charge in [0, 0.05) is 33.9 Å². The van der Waals surface area contributed by atoms with Crippen molar-refractivity contribution in [1.82, 2.24) is 9.80 Å². The van der Waals surface area contributed by atoms with E-state index >= 15 is 0 Å². The number of likely N-dealkylation sites (N-methyl/N-ethyl adjacent to an activating group) is 2. The zero-order chi connectivity index (χ0) is 17.1. The van der Waals surface area contributed by atoms with E-state index in [0.29, 0.717) is 0 Å². The van der Waals surface area contributed by atoms with Gasteiger partial charge in [0.2, 0.25) is 0 Å². The van der Waals surface area contributed by atoms with Crippen molar-refractivity contribution >= 4 is 29.6 Å². The van der Waals surface area contributed by atoms with E-state index in [2.05, 4.69) is 0 Å². The van der Waals surface area contributed by atoms with Crippen LogP contribution >= 0.6 is 0 Å². The van der Waals surface area contributed by atoms with Gasteiger partial charge in [-0.2, -0.15) is 0 Å². The Kier molecular flexibility index (Phi) is 4.64. The number of hydrogen-bond acceptors (Lipinski definition) is 4. The Bertz CT molecular complexity index is 694. The van der Waals surface area contributed by atoms with Crippen molar-refractivity contribution < 1.29 is 14.4 Å². The topological polar surface area (TPSA) is 60.9 Å². The molecule has 0 N–H and O–H groups in total. The molecule has 23 heavy (non-hydrogen) atoms. The molecule has 1 saturated heterocycles. The molecule has 1 heterocycles. The second-order valence-corrected chi connectivity index (χ2v) is 5.44. The molecule has 0 spiro atoms. The fourth-order valence-corrected chi connectivity index (χ4v) is 2.16. The van der Waals surface area contributed by atoms with Crippen LogP contribution in [-0.2, 0) is 9.59 Å². The molecule has 0 saturated carbocycles. The Morgan fingerprint density at radius 3 is 2.17 bits per heavy atom. The van der Waals surface area contributed by atoms with Crippen LogP contribution in [0, 0.1) is 0 Å². The summed E-state index contributed by atoms with van der Waals surface area (Å²) in [6.45, 7) is 0. The number of carbonyl (C=O) groups excluding carboxylic acids is 3. The quantitative estimate of drug-likeness (QED) is 0.630. The molecule has 0 aromatic heterocycles. The minimum Gasteiger partial charge on any atom is -0.378 e. The smallest absolute Gasteiger partial charge is 0.333 e. The van der Waals surface area contributed by atoms with Gasteiger partial charge in [-0.25, -0.2) is 4.79 Å². The number of barbiturate groups is 1. The van der Waals surface area contributed by atoms with Crippen molar-refractivity contribution in [3.63, 3.8) is 0 Å². The maximum atomic E-state index is 12.0. The summed E-state index contributed by atoms with van der Waals surface area (Å²) in [6, 6.07) is 7.20. The summed E-state index contributed by atoms with van der Waals surface area (Å²) in [5.74, 6) is -1.19. The SMILES string of the molecule is CN1C(=O)C(=C/C=C/c2cccc(N(C)C)c2)C(=O)N(C)C1=O. The Balaban J connectivity index is 2.25. The van der Waals surface area contributed by atoms with Crippen LogP contribution < -0.4 is 4.90 Å². The molecule has 4 amide bonds. The first-order chi connectivity index (χ1) is 10.8. The highest BCUT2D eigenvalue weighted by atomic mass is 16.2. The molecule has 1 aliphatic heterocycles. The lowest BCUT2D eigenvalue weighted by molar-refractivity contribution is -0.134. The third-order valence-corrected chi connectivity index (χ3v) is 3.58. The molecule has 1 fully saturated rings. The van der Waals surface area contributed by atoms with E-state index < -0.39 is 17.8 Å². The van der Waals surface area contributed by atoms with Crippen molar-refractivity contribution in [2.75, 3.05) is 33.1 Å². The molecule has 0 radical (unpaired) electrons. The monoisotopic (exact) mass is 313 g/mol. The zero-order valence-electron chi connectivity index (χ0n) is 13.6. The Hall–Kier alpha value is -2.89. The van der Waals surface area contributed by atoms with Crippen molar-refractivity contribution in [2.45, 2.75) is 0 Å². The average Bonchev–Trinajstić information content (AvgIpc) is 2.54. The lowest BCUT2D eigenvalue weighted by Crippen LogP contribution is -2.52. The average molecular weight is 313 g/mol. The van der Waals surface area contributed by atoms with Gasteiger partial charge >= 0.3 is 6.03 Å². The number of allylic oxidation sites excluding steroid dienone is 2. The molecule has 1 aromatic rings. The van der Waals surface area contributed by atoms with Gasteiger partial charge in [0.05, 0.1) is 0 Å². The maximum absolute atomic E-state index is 12.0. The van der Waals surface area contributed by atoms with Crippen molar-refractivity contribution in [3.8, 4) is 0 Å². The highest BCUT2D eigenvalue weighted by molar-refractivity contribution is 6.28. The molecular weight excluding hydrogens is 294 g/mol. The van der Waals surface area contributed by atoms with Crippen LogP contribution in [0.25, 0.3) is 6.08 Å². The summed E-state index contributed by atoms with van der Waals surface area (Å²) in [6.07, 6.45) is 4.88. The Morgan fingerprint density at radius 2 is 1.61 bits per heavy atom. The van der Waals surface area contributed by atoms with Crippen molar-refractivity contribution in [3.05, 3.63) is 47.6 Å². The minimum absolute atomic E-state index is 0.0328. The first kappa shape index (κ1) is 16.5. The van der Waals surface area contributed by atoms with E-state index in [0.717, 1.165) is 21.1 Å². The van der Waals surface area contributed by atoms with Gasteiger partial charge in [-0.05, 0) is 23.8 Å². The maximum Gasteiger partial charge on any atom is 0.333 e. The van der Waals surface area contributed by atoms with E-state index in [1.807, 2.05) is 43.3 Å². The number of benzene rings is 1. The zero-order valence-corrected chi connectivity index (χ0v) is 13.6. The van der Waals surface area contributed by atoms with E-state index in [4.69, 9.17) is 0 Å². The van der Waals surface area contributed by atoms with Gasteiger partial charge in [0.25, 0.3) is 11.8 Å². The van der Waals surface area contributed by atoms with Crippen LogP contribution in [0.1, 0.15) is 5.56 Å². The number of hydrogen-bond donors (Lipinski definition) is 0. The number of rotatable bonds is 3. The van der Waals surface area contributed by atoms with Crippen molar-refractivity contribution in [2.24, 2.45) is 0 Å². The minimum atomic E-state index is -0.625. The fraction of sp³-hybridized carbons (Fsp3) is 0.235. The van der Waals surface area contributed by atoms with Crippen LogP contribution in [0.15, 0.2) is 42.0 Å². The third kappa shape index (κ3) is 3.31. The second kappa shape index (κ2) is 6.48. The second-order valence-electron chi connectivity index (χ2n) is 5.44. The number of nitrogens with zero attached hydrogens (tertiary/aromatic N) is 3. The van der Waals surface area contributed by atoms with E-state index in [1.54, 1.807) is 12.2 Å². The van der Waals surface area contributed by atoms with Crippen LogP contribution in [0.3, 0.4) is 0 Å². The predicted molar refractivity (Wildman–Crippen MR) is 88.8 cm³/mol. The molecule has 0 bridgehead atoms. The fourth-order valence-electron chi connectivity index (χ4n) is 2.16. The largest absolute Gasteiger partial charge is 0.378 e. The molecular formula is C17H19N3O3. The number of anilines is 1. The molecule has 1 aromatic carbocycles. The first-order valence-corrected chi connectivity index (χ1v) is 7.08. The predicted octanol–water partition coefficient (Wildman–Crippen LogP) is 1.74. The highest BCUT2D eigenvalue weighted by Gasteiger charge is 2.37. The molecule has 1 aliphatic rings. The van der Waals surface area contributed by atoms with Gasteiger partial charge < -0.3 is 4.90 Å². The summed E-state index contributed by atoms with van der Waals surface area (Å²) in [7, 11) is 6.61. The van der Waals surface area contributed by atoms with Crippen LogP contribution in [0.5, 0.6) is 0 Å². The molecule has 0 aliphatic carbocycles. The molecule has 2 rings (SSSR count). The van der Waals surface area contributed by atoms with Crippen LogP contribution in [-0.4, -0.2) is 55.8 Å². The normalized spacial score (nSPS) is 15.7. The van der Waals surface area contributed by atoms with E-state index in [9.17, 15) is 14.4 Å². The summed E-state index contributed by atoms with van der Waals surface area (Å²) in [5, 5.41) is 0. The Morgan fingerprint density at radius 1 is 1.00 bits per heavy atom. The van der Waals surface area contributed by atoms with E-state index in [1.165, 1.54) is 20.2 Å². The van der Waals surface area contributed by atoms with E-state index in [-0.39, 0.29) is 5.57 Å². The summed E-state index contributed by atoms with van der Waals surface area (Å²) < 4.78 is 0. The van der Waals surface area contributed by atoms with Crippen LogP contribution in [0.4, 0.5) is 10.5 Å². The van der Waals surface area contributed by atoms with Gasteiger partial charge in [-0.1, -0.05) is 24.3 Å². The summed E-state index contributed by atoms with van der Waals surface area (Å²) >= 11 is 0. The standard InChI is InChI=1S/C17H19N3O3/c1-18(2)13-9-5-7-12(11-13)8-6-10-14-15(21)19(3)17(23)20(4)16(14)22/h5-11H,1-4H3/b8-6+. The van der Waals surface area contributed by atoms with Gasteiger partial charge in [-0.3, -0.25) is 19.4 Å². The van der Waals surface area contributed by atoms with Crippen molar-refractivity contribution in [1.29, 1.82) is 0 Å². The van der Waals surface area contributed by atoms with Gasteiger partial charge in [0.1, 0.15) is 5.57 Å². The van der Waals surface area contributed by atoms with Crippen LogP contribution in [0.2, 0.25) is 0 Å². The number of carbonyl (C=O) groups is 3. The number of urea groups is 1. The molecule has 6 heteroatoms. The lowest BCUT2D eigenvalue weighted by Gasteiger charge is -2.28. The third-order valence-electron chi connectivity index (χ3n) is 3.58. The lowest BCUT2D eigenvalue weighted by atomic mass is 10.1. The molecule has 120 valence electrons. The van der Waals surface area contributed by atoms with Gasteiger partial charge in [0.15, 0.2) is 0 Å². The number of imide groups is 2. The Labute approximate surface area is 135 Å². The molecule has 6 nitrogen and oxygen atoms in total.